The van der Waals surface area contributed by atoms with Crippen LogP contribution in [0.2, 0.25) is 0 Å². The maximum absolute atomic E-state index is 5.36. The van der Waals surface area contributed by atoms with Crippen molar-refractivity contribution in [2.45, 2.75) is 26.4 Å². The third-order valence-corrected chi connectivity index (χ3v) is 3.43. The zero-order chi connectivity index (χ0) is 15.2. The van der Waals surface area contributed by atoms with E-state index in [0.29, 0.717) is 0 Å². The molecule has 2 aromatic rings. The number of aryl methyl sites for hydroxylation is 1. The minimum Gasteiger partial charge on any atom is -0.497 e. The molecule has 0 aliphatic rings. The molecule has 0 aliphatic carbocycles. The van der Waals surface area contributed by atoms with Gasteiger partial charge < -0.3 is 14.8 Å². The van der Waals surface area contributed by atoms with Gasteiger partial charge in [-0.1, -0.05) is 6.92 Å². The Balaban J connectivity index is 2.41. The van der Waals surface area contributed by atoms with Crippen LogP contribution >= 0.6 is 0 Å². The van der Waals surface area contributed by atoms with Crippen molar-refractivity contribution in [2.24, 2.45) is 0 Å². The predicted octanol–water partition coefficient (Wildman–Crippen LogP) is 2.62. The van der Waals surface area contributed by atoms with Gasteiger partial charge in [0.25, 0.3) is 0 Å². The van der Waals surface area contributed by atoms with Crippen molar-refractivity contribution in [1.29, 1.82) is 0 Å². The van der Waals surface area contributed by atoms with Crippen molar-refractivity contribution < 1.29 is 9.47 Å². The lowest BCUT2D eigenvalue weighted by Gasteiger charge is -2.18. The molecule has 1 aromatic heterocycles. The Morgan fingerprint density at radius 1 is 1.10 bits per heavy atom. The van der Waals surface area contributed by atoms with Crippen LogP contribution < -0.4 is 14.8 Å². The predicted molar refractivity (Wildman–Crippen MR) is 83.0 cm³/mol. The molecule has 1 heterocycles. The first kappa shape index (κ1) is 15.4. The first-order valence-electron chi connectivity index (χ1n) is 7.20. The van der Waals surface area contributed by atoms with Gasteiger partial charge in [-0.3, -0.25) is 4.68 Å². The molecule has 0 saturated carbocycles. The standard InChI is InChI=1S/C16H23N3O2/c1-5-17-16(13-10-18-19(6-2)11-13)12-7-14(20-3)9-15(8-12)21-4/h7-11,16-17H,5-6H2,1-4H3. The molecule has 1 N–H and O–H groups in total. The molecule has 0 amide bonds. The van der Waals surface area contributed by atoms with Crippen LogP contribution in [-0.2, 0) is 6.54 Å². The molecule has 0 aliphatic heterocycles. The summed E-state index contributed by atoms with van der Waals surface area (Å²) in [4.78, 5) is 0. The number of hydrogen-bond donors (Lipinski definition) is 1. The lowest BCUT2D eigenvalue weighted by molar-refractivity contribution is 0.392. The normalized spacial score (nSPS) is 12.2. The summed E-state index contributed by atoms with van der Waals surface area (Å²) < 4.78 is 12.6. The fraction of sp³-hybridized carbons (Fsp3) is 0.438. The smallest absolute Gasteiger partial charge is 0.122 e. The number of benzene rings is 1. The number of methoxy groups -OCH3 is 2. The first-order chi connectivity index (χ1) is 10.2. The van der Waals surface area contributed by atoms with Gasteiger partial charge in [0, 0.05) is 24.4 Å². The van der Waals surface area contributed by atoms with Gasteiger partial charge in [-0.15, -0.1) is 0 Å². The Bertz CT molecular complexity index is 558. The highest BCUT2D eigenvalue weighted by atomic mass is 16.5. The number of hydrogen-bond acceptors (Lipinski definition) is 4. The van der Waals surface area contributed by atoms with Gasteiger partial charge in [-0.2, -0.15) is 5.10 Å². The van der Waals surface area contributed by atoms with Crippen molar-refractivity contribution in [3.63, 3.8) is 0 Å². The Kier molecular flexibility index (Phi) is 5.22. The highest BCUT2D eigenvalue weighted by Crippen LogP contribution is 2.29. The SMILES string of the molecule is CCNC(c1cc(OC)cc(OC)c1)c1cnn(CC)c1. The molecule has 0 fully saturated rings. The molecule has 1 aromatic carbocycles. The maximum Gasteiger partial charge on any atom is 0.122 e. The molecule has 2 rings (SSSR count). The van der Waals surface area contributed by atoms with E-state index in [1.165, 1.54) is 0 Å². The average Bonchev–Trinajstić information content (AvgIpc) is 3.00. The molecule has 0 spiro atoms. The molecular weight excluding hydrogens is 266 g/mol. The van der Waals surface area contributed by atoms with Crippen LogP contribution in [-0.4, -0.2) is 30.5 Å². The largest absolute Gasteiger partial charge is 0.497 e. The van der Waals surface area contributed by atoms with Crippen LogP contribution in [0.1, 0.15) is 31.0 Å². The zero-order valence-corrected chi connectivity index (χ0v) is 13.1. The van der Waals surface area contributed by atoms with Gasteiger partial charge in [-0.05, 0) is 31.2 Å². The van der Waals surface area contributed by atoms with Crippen molar-refractivity contribution >= 4 is 0 Å². The van der Waals surface area contributed by atoms with E-state index in [0.717, 1.165) is 35.7 Å². The van der Waals surface area contributed by atoms with Crippen LogP contribution in [0.3, 0.4) is 0 Å². The highest BCUT2D eigenvalue weighted by Gasteiger charge is 2.17. The van der Waals surface area contributed by atoms with Gasteiger partial charge >= 0.3 is 0 Å². The number of ether oxygens (including phenoxy) is 2. The first-order valence-corrected chi connectivity index (χ1v) is 7.20. The van der Waals surface area contributed by atoms with Crippen LogP contribution in [0.4, 0.5) is 0 Å². The summed E-state index contributed by atoms with van der Waals surface area (Å²) in [5.41, 5.74) is 2.23. The van der Waals surface area contributed by atoms with Crippen molar-refractivity contribution in [3.8, 4) is 11.5 Å². The van der Waals surface area contributed by atoms with Crippen molar-refractivity contribution in [2.75, 3.05) is 20.8 Å². The molecule has 21 heavy (non-hydrogen) atoms. The van der Waals surface area contributed by atoms with E-state index in [4.69, 9.17) is 9.47 Å². The average molecular weight is 289 g/mol. The van der Waals surface area contributed by atoms with Gasteiger partial charge in [0.05, 0.1) is 26.5 Å². The number of aromatic nitrogens is 2. The van der Waals surface area contributed by atoms with Gasteiger partial charge in [-0.25, -0.2) is 0 Å². The number of nitrogens with one attached hydrogen (secondary N) is 1. The van der Waals surface area contributed by atoms with Crippen LogP contribution in [0.5, 0.6) is 11.5 Å². The Morgan fingerprint density at radius 2 is 1.76 bits per heavy atom. The summed E-state index contributed by atoms with van der Waals surface area (Å²) in [5.74, 6) is 1.57. The van der Waals surface area contributed by atoms with Crippen LogP contribution in [0, 0.1) is 0 Å². The molecule has 5 nitrogen and oxygen atoms in total. The Labute approximate surface area is 125 Å². The monoisotopic (exact) mass is 289 g/mol. The molecule has 5 heteroatoms. The second-order valence-corrected chi connectivity index (χ2v) is 4.77. The van der Waals surface area contributed by atoms with E-state index in [1.54, 1.807) is 14.2 Å². The van der Waals surface area contributed by atoms with E-state index in [9.17, 15) is 0 Å². The number of nitrogens with zero attached hydrogens (tertiary/aromatic N) is 2. The van der Waals surface area contributed by atoms with Crippen LogP contribution in [0.25, 0.3) is 0 Å². The van der Waals surface area contributed by atoms with E-state index in [2.05, 4.69) is 30.5 Å². The minimum absolute atomic E-state index is 0.0688. The number of rotatable bonds is 7. The Morgan fingerprint density at radius 3 is 2.24 bits per heavy atom. The van der Waals surface area contributed by atoms with E-state index >= 15 is 0 Å². The summed E-state index contributed by atoms with van der Waals surface area (Å²) in [6, 6.07) is 6.00. The lowest BCUT2D eigenvalue weighted by Crippen LogP contribution is -2.21. The van der Waals surface area contributed by atoms with Crippen molar-refractivity contribution in [3.05, 3.63) is 41.7 Å². The van der Waals surface area contributed by atoms with Gasteiger partial charge in [0.15, 0.2) is 0 Å². The fourth-order valence-electron chi connectivity index (χ4n) is 2.33. The lowest BCUT2D eigenvalue weighted by atomic mass is 10.0. The molecule has 0 saturated heterocycles. The molecule has 0 bridgehead atoms. The van der Waals surface area contributed by atoms with Gasteiger partial charge in [0.1, 0.15) is 11.5 Å². The molecule has 1 atom stereocenters. The van der Waals surface area contributed by atoms with Gasteiger partial charge in [0.2, 0.25) is 0 Å². The molecule has 0 radical (unpaired) electrons. The fourth-order valence-corrected chi connectivity index (χ4v) is 2.33. The minimum atomic E-state index is 0.0688. The van der Waals surface area contributed by atoms with Crippen LogP contribution in [0.15, 0.2) is 30.6 Å². The van der Waals surface area contributed by atoms with E-state index in [1.807, 2.05) is 29.1 Å². The second kappa shape index (κ2) is 7.13. The summed E-state index contributed by atoms with van der Waals surface area (Å²) in [7, 11) is 3.33. The molecule has 1 unspecified atom stereocenters. The topological polar surface area (TPSA) is 48.3 Å². The molecule has 114 valence electrons. The van der Waals surface area contributed by atoms with Crippen molar-refractivity contribution in [1.82, 2.24) is 15.1 Å². The summed E-state index contributed by atoms with van der Waals surface area (Å²) >= 11 is 0. The quantitative estimate of drug-likeness (QED) is 0.851. The second-order valence-electron chi connectivity index (χ2n) is 4.77. The third-order valence-electron chi connectivity index (χ3n) is 3.43. The van der Waals surface area contributed by atoms with E-state index in [-0.39, 0.29) is 6.04 Å². The third kappa shape index (κ3) is 3.55. The molecular formula is C16H23N3O2. The highest BCUT2D eigenvalue weighted by molar-refractivity contribution is 5.42. The summed E-state index contributed by atoms with van der Waals surface area (Å²) in [5, 5.41) is 7.85. The van der Waals surface area contributed by atoms with E-state index < -0.39 is 0 Å². The Hall–Kier alpha value is -2.01. The summed E-state index contributed by atoms with van der Waals surface area (Å²) in [6.07, 6.45) is 3.97. The zero-order valence-electron chi connectivity index (χ0n) is 13.1. The maximum atomic E-state index is 5.36. The summed E-state index contributed by atoms with van der Waals surface area (Å²) in [6.45, 7) is 5.89.